The van der Waals surface area contributed by atoms with E-state index in [2.05, 4.69) is 25.3 Å². The van der Waals surface area contributed by atoms with Gasteiger partial charge in [-0.25, -0.2) is 18.1 Å². The number of anilines is 2. The first-order chi connectivity index (χ1) is 15.4. The molecule has 9 heteroatoms. The van der Waals surface area contributed by atoms with Crippen molar-refractivity contribution in [3.05, 3.63) is 53.6 Å². The number of nitrogens with zero attached hydrogens (tertiary/aromatic N) is 2. The van der Waals surface area contributed by atoms with Crippen molar-refractivity contribution in [2.45, 2.75) is 30.6 Å². The summed E-state index contributed by atoms with van der Waals surface area (Å²) in [6.45, 7) is 1.27. The normalized spacial score (nSPS) is 19.1. The molecule has 1 saturated carbocycles. The molecular weight excluding hydrogens is 446 g/mol. The van der Waals surface area contributed by atoms with Crippen LogP contribution in [0.5, 0.6) is 0 Å². The van der Waals surface area contributed by atoms with Crippen molar-refractivity contribution in [1.29, 1.82) is 0 Å². The second-order valence-corrected chi connectivity index (χ2v) is 10.4. The van der Waals surface area contributed by atoms with Gasteiger partial charge >= 0.3 is 0 Å². The maximum atomic E-state index is 12.5. The summed E-state index contributed by atoms with van der Waals surface area (Å²) in [6.07, 6.45) is 4.09. The Morgan fingerprint density at radius 3 is 2.28 bits per heavy atom. The van der Waals surface area contributed by atoms with Gasteiger partial charge in [0.05, 0.1) is 10.4 Å². The Hall–Kier alpha value is -2.42. The highest BCUT2D eigenvalue weighted by Gasteiger charge is 2.23. The third-order valence-electron chi connectivity index (χ3n) is 6.04. The molecule has 0 amide bonds. The van der Waals surface area contributed by atoms with Crippen LogP contribution in [0.1, 0.15) is 25.7 Å². The lowest BCUT2D eigenvalue weighted by Gasteiger charge is -2.28. The van der Waals surface area contributed by atoms with Crippen molar-refractivity contribution in [2.75, 3.05) is 30.8 Å². The van der Waals surface area contributed by atoms with E-state index in [0.29, 0.717) is 29.4 Å². The Bertz CT molecular complexity index is 1160. The SMILES string of the molecule is CNc1nc(NCC2CCC(CNS(=O)(=O)c3ccc(Cl)cc3)CC2)nc2ccccc12. The number of rotatable bonds is 8. The number of sulfonamides is 1. The van der Waals surface area contributed by atoms with Crippen LogP contribution >= 0.6 is 11.6 Å². The van der Waals surface area contributed by atoms with E-state index in [1.165, 1.54) is 12.1 Å². The van der Waals surface area contributed by atoms with Gasteiger partial charge in [0.2, 0.25) is 16.0 Å². The molecule has 4 rings (SSSR count). The van der Waals surface area contributed by atoms with Gasteiger partial charge in [-0.3, -0.25) is 0 Å². The molecule has 1 fully saturated rings. The monoisotopic (exact) mass is 473 g/mol. The lowest BCUT2D eigenvalue weighted by atomic mass is 9.82. The molecule has 1 aromatic heterocycles. The number of para-hydroxylation sites is 1. The quantitative estimate of drug-likeness (QED) is 0.445. The molecule has 3 aromatic rings. The zero-order valence-corrected chi connectivity index (χ0v) is 19.6. The van der Waals surface area contributed by atoms with Crippen molar-refractivity contribution in [2.24, 2.45) is 11.8 Å². The number of hydrogen-bond donors (Lipinski definition) is 3. The number of nitrogens with one attached hydrogen (secondary N) is 3. The van der Waals surface area contributed by atoms with Crippen molar-refractivity contribution < 1.29 is 8.42 Å². The molecule has 1 heterocycles. The third-order valence-corrected chi connectivity index (χ3v) is 7.73. The van der Waals surface area contributed by atoms with Crippen molar-refractivity contribution in [3.8, 4) is 0 Å². The third kappa shape index (κ3) is 5.49. The summed E-state index contributed by atoms with van der Waals surface area (Å²) in [6, 6.07) is 14.2. The second kappa shape index (κ2) is 10.0. The Morgan fingerprint density at radius 1 is 0.938 bits per heavy atom. The summed E-state index contributed by atoms with van der Waals surface area (Å²) >= 11 is 5.85. The Labute approximate surface area is 194 Å². The molecule has 0 aliphatic heterocycles. The molecule has 3 N–H and O–H groups in total. The smallest absolute Gasteiger partial charge is 0.240 e. The van der Waals surface area contributed by atoms with Gasteiger partial charge in [-0.2, -0.15) is 4.98 Å². The summed E-state index contributed by atoms with van der Waals surface area (Å²) < 4.78 is 27.7. The van der Waals surface area contributed by atoms with Crippen LogP contribution in [0.4, 0.5) is 11.8 Å². The van der Waals surface area contributed by atoms with E-state index in [-0.39, 0.29) is 4.90 Å². The average Bonchev–Trinajstić information content (AvgIpc) is 2.82. The fraction of sp³-hybridized carbons (Fsp3) is 0.391. The number of benzene rings is 2. The minimum atomic E-state index is -3.50. The predicted octanol–water partition coefficient (Wildman–Crippen LogP) is 4.52. The van der Waals surface area contributed by atoms with E-state index in [0.717, 1.165) is 48.9 Å². The van der Waals surface area contributed by atoms with Crippen LogP contribution in [0.25, 0.3) is 10.9 Å². The molecule has 32 heavy (non-hydrogen) atoms. The predicted molar refractivity (Wildman–Crippen MR) is 130 cm³/mol. The molecule has 0 radical (unpaired) electrons. The van der Waals surface area contributed by atoms with E-state index in [1.54, 1.807) is 12.1 Å². The molecule has 0 bridgehead atoms. The highest BCUT2D eigenvalue weighted by Crippen LogP contribution is 2.29. The Kier molecular flexibility index (Phi) is 7.13. The van der Waals surface area contributed by atoms with E-state index in [9.17, 15) is 8.42 Å². The number of fused-ring (bicyclic) bond motifs is 1. The van der Waals surface area contributed by atoms with Crippen molar-refractivity contribution >= 4 is 44.3 Å². The van der Waals surface area contributed by atoms with Crippen LogP contribution in [-0.4, -0.2) is 38.5 Å². The highest BCUT2D eigenvalue weighted by atomic mass is 35.5. The van der Waals surface area contributed by atoms with Gasteiger partial charge in [-0.1, -0.05) is 23.7 Å². The minimum Gasteiger partial charge on any atom is -0.372 e. The number of halogens is 1. The number of hydrogen-bond acceptors (Lipinski definition) is 6. The topological polar surface area (TPSA) is 96.0 Å². The van der Waals surface area contributed by atoms with Crippen molar-refractivity contribution in [3.63, 3.8) is 0 Å². The maximum Gasteiger partial charge on any atom is 0.240 e. The zero-order valence-electron chi connectivity index (χ0n) is 18.0. The summed E-state index contributed by atoms with van der Waals surface area (Å²) in [5.74, 6) is 2.31. The summed E-state index contributed by atoms with van der Waals surface area (Å²) in [5, 5.41) is 8.06. The average molecular weight is 474 g/mol. The van der Waals surface area contributed by atoms with Gasteiger partial charge in [0.1, 0.15) is 5.82 Å². The molecule has 0 spiro atoms. The summed E-state index contributed by atoms with van der Waals surface area (Å²) in [4.78, 5) is 9.46. The van der Waals surface area contributed by atoms with Crippen LogP contribution in [0.3, 0.4) is 0 Å². The van der Waals surface area contributed by atoms with Gasteiger partial charge in [-0.15, -0.1) is 0 Å². The van der Waals surface area contributed by atoms with Crippen LogP contribution in [0.2, 0.25) is 5.02 Å². The van der Waals surface area contributed by atoms with Crippen LogP contribution in [0.15, 0.2) is 53.4 Å². The van der Waals surface area contributed by atoms with Crippen LogP contribution in [-0.2, 0) is 10.0 Å². The molecule has 1 aliphatic rings. The molecule has 1 aliphatic carbocycles. The summed E-state index contributed by atoms with van der Waals surface area (Å²) in [7, 11) is -1.64. The first-order valence-electron chi connectivity index (χ1n) is 10.9. The molecule has 0 unspecified atom stereocenters. The van der Waals surface area contributed by atoms with Crippen molar-refractivity contribution in [1.82, 2.24) is 14.7 Å². The maximum absolute atomic E-state index is 12.5. The van der Waals surface area contributed by atoms with Gasteiger partial charge in [0.15, 0.2) is 0 Å². The minimum absolute atomic E-state index is 0.246. The fourth-order valence-electron chi connectivity index (χ4n) is 4.15. The van der Waals surface area contributed by atoms with E-state index >= 15 is 0 Å². The Morgan fingerprint density at radius 2 is 1.59 bits per heavy atom. The molecular formula is C23H28ClN5O2S. The zero-order chi connectivity index (χ0) is 22.6. The largest absolute Gasteiger partial charge is 0.372 e. The van der Waals surface area contributed by atoms with Crippen LogP contribution < -0.4 is 15.4 Å². The molecule has 170 valence electrons. The van der Waals surface area contributed by atoms with Gasteiger partial charge in [0.25, 0.3) is 0 Å². The lowest BCUT2D eigenvalue weighted by Crippen LogP contribution is -2.32. The summed E-state index contributed by atoms with van der Waals surface area (Å²) in [5.41, 5.74) is 0.908. The fourth-order valence-corrected chi connectivity index (χ4v) is 5.39. The van der Waals surface area contributed by atoms with Gasteiger partial charge < -0.3 is 10.6 Å². The molecule has 2 aromatic carbocycles. The standard InChI is InChI=1S/C23H28ClN5O2S/c1-25-22-20-4-2-3-5-21(20)28-23(29-22)26-14-16-6-8-17(9-7-16)15-27-32(30,31)19-12-10-18(24)11-13-19/h2-5,10-13,16-17,27H,6-9,14-15H2,1H3,(H2,25,26,28,29). The van der Waals surface area contributed by atoms with E-state index in [1.807, 2.05) is 31.3 Å². The lowest BCUT2D eigenvalue weighted by molar-refractivity contribution is 0.284. The molecule has 0 atom stereocenters. The van der Waals surface area contributed by atoms with Crippen LogP contribution in [0, 0.1) is 11.8 Å². The first kappa shape index (κ1) is 22.8. The molecule has 0 saturated heterocycles. The van der Waals surface area contributed by atoms with E-state index < -0.39 is 10.0 Å². The highest BCUT2D eigenvalue weighted by molar-refractivity contribution is 7.89. The second-order valence-electron chi connectivity index (χ2n) is 8.24. The van der Waals surface area contributed by atoms with E-state index in [4.69, 9.17) is 11.6 Å². The molecule has 7 nitrogen and oxygen atoms in total. The number of aromatic nitrogens is 2. The van der Waals surface area contributed by atoms with Gasteiger partial charge in [0, 0.05) is 30.5 Å². The van der Waals surface area contributed by atoms with Gasteiger partial charge in [-0.05, 0) is 73.9 Å². The first-order valence-corrected chi connectivity index (χ1v) is 12.7. The Balaban J connectivity index is 1.26.